The van der Waals surface area contributed by atoms with Gasteiger partial charge in [-0.05, 0) is 0 Å². The Balaban J connectivity index is -0.0000000720. The summed E-state index contributed by atoms with van der Waals surface area (Å²) in [4.78, 5) is 9.00. The molecule has 0 atom stereocenters. The van der Waals surface area contributed by atoms with Crippen molar-refractivity contribution in [2.24, 2.45) is 0 Å². The van der Waals surface area contributed by atoms with Crippen molar-refractivity contribution in [1.29, 1.82) is 0 Å². The molecule has 0 aliphatic rings. The summed E-state index contributed by atoms with van der Waals surface area (Å²) in [5.41, 5.74) is 0. The van der Waals surface area contributed by atoms with Crippen molar-refractivity contribution in [3.8, 4) is 0 Å². The van der Waals surface area contributed by atoms with Crippen LogP contribution < -0.4 is 18.9 Å². The Morgan fingerprint density at radius 3 is 1.33 bits per heavy atom. The van der Waals surface area contributed by atoms with Gasteiger partial charge in [-0.25, -0.2) is 0 Å². The molecular weight excluding hydrogens is 111 g/mol. The van der Waals surface area contributed by atoms with Crippen LogP contribution in [0.5, 0.6) is 0 Å². The molecule has 0 bridgehead atoms. The first-order valence-electron chi connectivity index (χ1n) is 2.43. The average Bonchev–Trinajstić information content (AvgIpc) is 1.25. The summed E-state index contributed by atoms with van der Waals surface area (Å²) in [6.07, 6.45) is 0. The normalized spacial score (nSPS) is 6.78. The quantitative estimate of drug-likeness (QED) is 0.322. The first-order chi connectivity index (χ1) is 3.46. The van der Waals surface area contributed by atoms with Gasteiger partial charge in [0.25, 0.3) is 5.97 Å². The average molecular weight is 124 g/mol. The minimum atomic E-state index is -0.833. The maximum Gasteiger partial charge on any atom is 1.00 e. The Kier molecular flexibility index (Phi) is 19.5. The van der Waals surface area contributed by atoms with E-state index in [0.29, 0.717) is 0 Å². The molecule has 9 heavy (non-hydrogen) atoms. The van der Waals surface area contributed by atoms with Crippen molar-refractivity contribution in [2.45, 2.75) is 27.7 Å². The first-order valence-corrected chi connectivity index (χ1v) is 2.43. The van der Waals surface area contributed by atoms with E-state index >= 15 is 0 Å². The number of rotatable bonds is 0. The number of hydrogen-bond acceptors (Lipinski definition) is 1. The molecule has 50 valence electrons. The minimum absolute atomic E-state index is 0. The van der Waals surface area contributed by atoms with E-state index < -0.39 is 5.97 Å². The van der Waals surface area contributed by atoms with Gasteiger partial charge in [-0.2, -0.15) is 20.8 Å². The van der Waals surface area contributed by atoms with Gasteiger partial charge in [0.2, 0.25) is 0 Å². The third kappa shape index (κ3) is 65400. The number of aliphatic carboxylic acids is 1. The molecule has 0 heterocycles. The molecule has 0 aliphatic carbocycles. The van der Waals surface area contributed by atoms with Crippen LogP contribution in [0.4, 0.5) is 0 Å². The first kappa shape index (κ1) is 16.0. The Morgan fingerprint density at radius 1 is 1.33 bits per heavy atom. The van der Waals surface area contributed by atoms with E-state index in [-0.39, 0.29) is 18.9 Å². The van der Waals surface area contributed by atoms with Gasteiger partial charge in [0.05, 0.1) is 0 Å². The van der Waals surface area contributed by atoms with Crippen LogP contribution in [0.25, 0.3) is 0 Å². The van der Waals surface area contributed by atoms with Gasteiger partial charge in [-0.1, -0.05) is 0 Å². The molecule has 1 N–H and O–H groups in total. The molecule has 0 aromatic heterocycles. The predicted molar refractivity (Wildman–Crippen MR) is 33.6 cm³/mol. The molecule has 0 radical (unpaired) electrons. The largest absolute Gasteiger partial charge is 1.00 e. The molecule has 0 fully saturated rings. The van der Waals surface area contributed by atoms with E-state index in [0.717, 1.165) is 6.92 Å². The summed E-state index contributed by atoms with van der Waals surface area (Å²) in [6, 6.07) is 0. The van der Waals surface area contributed by atoms with Gasteiger partial charge >= 0.3 is 18.9 Å². The molecule has 0 amide bonds. The fraction of sp³-hybridized carbons (Fsp3) is 0.667. The third-order valence-electron chi connectivity index (χ3n) is 0. The molecule has 0 rings (SSSR count). The van der Waals surface area contributed by atoms with Crippen molar-refractivity contribution >= 4 is 5.97 Å². The second-order valence-electron chi connectivity index (χ2n) is 2.02. The molecule has 0 saturated heterocycles. The minimum Gasteiger partial charge on any atom is -0.481 e. The van der Waals surface area contributed by atoms with E-state index in [1.807, 2.05) is 0 Å². The van der Waals surface area contributed by atoms with Crippen molar-refractivity contribution in [3.63, 3.8) is 0 Å². The van der Waals surface area contributed by atoms with Crippen LogP contribution in [0.3, 0.4) is 0 Å². The van der Waals surface area contributed by atoms with E-state index in [1.165, 1.54) is 5.92 Å². The Bertz CT molecular complexity index is 55.3. The standard InChI is InChI=1S/C4H9.C2H4O2.Li/c1-4(2)3;1-2(3)4;/h1-3H3;1H3,(H,3,4);/q-1;;+1. The van der Waals surface area contributed by atoms with Gasteiger partial charge in [-0.3, -0.25) is 4.79 Å². The second-order valence-corrected chi connectivity index (χ2v) is 2.02. The zero-order valence-corrected chi connectivity index (χ0v) is 6.86. The maximum absolute atomic E-state index is 9.00. The topological polar surface area (TPSA) is 37.3 Å². The molecule has 0 spiro atoms. The van der Waals surface area contributed by atoms with Crippen LogP contribution in [-0.2, 0) is 4.79 Å². The number of carbonyl (C=O) groups is 1. The van der Waals surface area contributed by atoms with Gasteiger partial charge < -0.3 is 11.0 Å². The summed E-state index contributed by atoms with van der Waals surface area (Å²) in [5, 5.41) is 7.42. The van der Waals surface area contributed by atoms with E-state index in [1.54, 1.807) is 0 Å². The number of carboxylic acids is 1. The van der Waals surface area contributed by atoms with Crippen LogP contribution in [0.1, 0.15) is 27.7 Å². The molecule has 0 unspecified atom stereocenters. The van der Waals surface area contributed by atoms with Crippen LogP contribution in [0, 0.1) is 5.92 Å². The molecular formula is C6H13LiO2. The summed E-state index contributed by atoms with van der Waals surface area (Å²) in [7, 11) is 0. The van der Waals surface area contributed by atoms with E-state index in [4.69, 9.17) is 9.90 Å². The van der Waals surface area contributed by atoms with Gasteiger partial charge in [0.1, 0.15) is 0 Å². The second kappa shape index (κ2) is 10.9. The third-order valence-corrected chi connectivity index (χ3v) is 0. The van der Waals surface area contributed by atoms with E-state index in [2.05, 4.69) is 20.8 Å². The zero-order valence-electron chi connectivity index (χ0n) is 6.86. The monoisotopic (exact) mass is 124 g/mol. The van der Waals surface area contributed by atoms with E-state index in [9.17, 15) is 0 Å². The molecule has 2 nitrogen and oxygen atoms in total. The molecule has 0 aromatic carbocycles. The van der Waals surface area contributed by atoms with Crippen molar-refractivity contribution in [1.82, 2.24) is 0 Å². The van der Waals surface area contributed by atoms with Crippen LogP contribution in [-0.4, -0.2) is 11.1 Å². The number of carboxylic acid groups (broad SMARTS) is 1. The molecule has 0 aromatic rings. The van der Waals surface area contributed by atoms with Crippen LogP contribution >= 0.6 is 0 Å². The summed E-state index contributed by atoms with van der Waals surface area (Å²) in [6.45, 7) is 7.33. The van der Waals surface area contributed by atoms with Gasteiger partial charge in [0, 0.05) is 6.92 Å². The molecule has 0 aliphatic heterocycles. The van der Waals surface area contributed by atoms with Crippen molar-refractivity contribution in [3.05, 3.63) is 5.92 Å². The molecule has 0 saturated carbocycles. The van der Waals surface area contributed by atoms with Gasteiger partial charge in [0.15, 0.2) is 0 Å². The van der Waals surface area contributed by atoms with Crippen LogP contribution in [0.2, 0.25) is 0 Å². The fourth-order valence-electron chi connectivity index (χ4n) is 0. The smallest absolute Gasteiger partial charge is 0.481 e. The number of hydrogen-bond donors (Lipinski definition) is 1. The zero-order chi connectivity index (χ0) is 7.15. The Morgan fingerprint density at radius 2 is 1.33 bits per heavy atom. The summed E-state index contributed by atoms with van der Waals surface area (Å²) < 4.78 is 0. The summed E-state index contributed by atoms with van der Waals surface area (Å²) in [5.74, 6) is 0.583. The SMILES string of the molecule is CC(=O)O.C[C-](C)C.[Li+]. The van der Waals surface area contributed by atoms with Gasteiger partial charge in [-0.15, -0.1) is 0 Å². The molecule has 3 heteroatoms. The Labute approximate surface area is 68.8 Å². The fourth-order valence-corrected chi connectivity index (χ4v) is 0. The summed E-state index contributed by atoms with van der Waals surface area (Å²) >= 11 is 0. The van der Waals surface area contributed by atoms with Crippen molar-refractivity contribution < 1.29 is 28.8 Å². The predicted octanol–water partition coefficient (Wildman–Crippen LogP) is -1.28. The van der Waals surface area contributed by atoms with Crippen molar-refractivity contribution in [2.75, 3.05) is 0 Å². The van der Waals surface area contributed by atoms with Crippen LogP contribution in [0.15, 0.2) is 0 Å². The maximum atomic E-state index is 9.00. The Hall–Kier alpha value is 0.0674.